The average molecular weight is 571 g/mol. The van der Waals surface area contributed by atoms with E-state index in [0.717, 1.165) is 11.3 Å². The quantitative estimate of drug-likeness (QED) is 0.204. The highest BCUT2D eigenvalue weighted by Crippen LogP contribution is 2.37. The number of ether oxygens (including phenoxy) is 2. The Morgan fingerprint density at radius 1 is 1.15 bits per heavy atom. The first-order valence-electron chi connectivity index (χ1n) is 13.0. The van der Waals surface area contributed by atoms with Gasteiger partial charge in [0.1, 0.15) is 24.2 Å². The number of carbonyl (C=O) groups excluding carboxylic acids is 1. The minimum Gasteiger partial charge on any atom is -0.492 e. The lowest BCUT2D eigenvalue weighted by Crippen LogP contribution is -2.13. The van der Waals surface area contributed by atoms with Gasteiger partial charge >= 0.3 is 0 Å². The van der Waals surface area contributed by atoms with Gasteiger partial charge in [-0.25, -0.2) is 0 Å². The summed E-state index contributed by atoms with van der Waals surface area (Å²) < 4.78 is 11.7. The number of nitriles is 1. The van der Waals surface area contributed by atoms with E-state index in [1.165, 1.54) is 12.3 Å². The lowest BCUT2D eigenvalue weighted by atomic mass is 10.1. The number of nitrogens with zero attached hydrogens (tertiary/aromatic N) is 4. The second-order valence-electron chi connectivity index (χ2n) is 9.44. The van der Waals surface area contributed by atoms with Gasteiger partial charge in [-0.3, -0.25) is 14.8 Å². The fraction of sp³-hybridized carbons (Fsp3) is 0.226. The Hall–Kier alpha value is -4.65. The van der Waals surface area contributed by atoms with Gasteiger partial charge in [0.05, 0.1) is 39.8 Å². The van der Waals surface area contributed by atoms with E-state index in [4.69, 9.17) is 21.1 Å². The number of benzene rings is 2. The van der Waals surface area contributed by atoms with Crippen LogP contribution in [0.5, 0.6) is 11.5 Å². The van der Waals surface area contributed by atoms with E-state index in [2.05, 4.69) is 26.7 Å². The molecule has 10 heteroatoms. The molecule has 2 heterocycles. The summed E-state index contributed by atoms with van der Waals surface area (Å²) in [4.78, 5) is 23.4. The van der Waals surface area contributed by atoms with Gasteiger partial charge in [-0.1, -0.05) is 23.7 Å². The molecule has 4 rings (SSSR count). The monoisotopic (exact) mass is 570 g/mol. The highest BCUT2D eigenvalue weighted by atomic mass is 35.5. The van der Waals surface area contributed by atoms with Gasteiger partial charge in [-0.15, -0.1) is 0 Å². The smallest absolute Gasteiger partial charge is 0.248 e. The fourth-order valence-corrected chi connectivity index (χ4v) is 4.25. The number of anilines is 3. The summed E-state index contributed by atoms with van der Waals surface area (Å²) >= 11 is 6.56. The minimum absolute atomic E-state index is 0.285. The van der Waals surface area contributed by atoms with Gasteiger partial charge in [0.2, 0.25) is 5.91 Å². The van der Waals surface area contributed by atoms with E-state index >= 15 is 0 Å². The number of nitrogens with one attached hydrogen (secondary N) is 2. The maximum Gasteiger partial charge on any atom is 0.248 e. The molecule has 0 atom stereocenters. The molecule has 0 unspecified atom stereocenters. The third kappa shape index (κ3) is 7.51. The van der Waals surface area contributed by atoms with Crippen LogP contribution in [-0.4, -0.2) is 48.0 Å². The van der Waals surface area contributed by atoms with Crippen LogP contribution in [0.1, 0.15) is 23.7 Å². The van der Waals surface area contributed by atoms with Crippen LogP contribution in [0, 0.1) is 18.3 Å². The Morgan fingerprint density at radius 2 is 1.98 bits per heavy atom. The summed E-state index contributed by atoms with van der Waals surface area (Å²) in [5, 5.41) is 17.1. The number of hydrogen-bond acceptors (Lipinski definition) is 8. The largest absolute Gasteiger partial charge is 0.492 e. The van der Waals surface area contributed by atoms with Crippen molar-refractivity contribution in [2.24, 2.45) is 0 Å². The number of fused-ring (bicyclic) bond motifs is 1. The topological polar surface area (TPSA) is 112 Å². The standard InChI is InChI=1S/C31H31ClN6O3/c1-5-40-29-16-25-23(15-26(29)37-30(39)9-7-13-38(3)4)31(21(17-33)18-35-25)36-22-10-11-28(24(32)14-22)41-19-27-20(2)8-6-12-34-27/h6-12,14-16,18H,5,13,19H2,1-4H3,(H,35,36)(H,37,39). The minimum atomic E-state index is -0.297. The highest BCUT2D eigenvalue weighted by Gasteiger charge is 2.16. The van der Waals surface area contributed by atoms with Crippen molar-refractivity contribution in [3.63, 3.8) is 0 Å². The molecule has 0 aliphatic rings. The normalized spacial score (nSPS) is 11.0. The third-order valence-corrected chi connectivity index (χ3v) is 6.37. The number of aryl methyl sites for hydroxylation is 1. The molecule has 9 nitrogen and oxygen atoms in total. The lowest BCUT2D eigenvalue weighted by Gasteiger charge is -2.16. The Kier molecular flexibility index (Phi) is 9.74. The van der Waals surface area contributed by atoms with Crippen LogP contribution in [0.3, 0.4) is 0 Å². The van der Waals surface area contributed by atoms with Crippen LogP contribution in [0.4, 0.5) is 17.1 Å². The number of aromatic nitrogens is 2. The van der Waals surface area contributed by atoms with E-state index in [1.54, 1.807) is 36.5 Å². The van der Waals surface area contributed by atoms with Crippen LogP contribution in [0.15, 0.2) is 67.0 Å². The molecule has 0 saturated carbocycles. The predicted octanol–water partition coefficient (Wildman–Crippen LogP) is 6.24. The van der Waals surface area contributed by atoms with Crippen molar-refractivity contribution in [3.8, 4) is 17.6 Å². The second kappa shape index (κ2) is 13.6. The first-order chi connectivity index (χ1) is 19.8. The molecule has 2 aromatic carbocycles. The van der Waals surface area contributed by atoms with Crippen LogP contribution >= 0.6 is 11.6 Å². The summed E-state index contributed by atoms with van der Waals surface area (Å²) in [6, 6.07) is 14.8. The maximum atomic E-state index is 12.6. The van der Waals surface area contributed by atoms with Crippen LogP contribution in [0.25, 0.3) is 10.9 Å². The van der Waals surface area contributed by atoms with E-state index in [1.807, 2.05) is 51.0 Å². The number of rotatable bonds is 11. The van der Waals surface area contributed by atoms with Gasteiger partial charge in [0.15, 0.2) is 0 Å². The van der Waals surface area contributed by atoms with E-state index < -0.39 is 0 Å². The second-order valence-corrected chi connectivity index (χ2v) is 9.84. The van der Waals surface area contributed by atoms with Gasteiger partial charge < -0.3 is 25.0 Å². The van der Waals surface area contributed by atoms with E-state index in [9.17, 15) is 10.1 Å². The molecule has 2 aromatic heterocycles. The lowest BCUT2D eigenvalue weighted by molar-refractivity contribution is -0.111. The summed E-state index contributed by atoms with van der Waals surface area (Å²) in [6.07, 6.45) is 6.47. The third-order valence-electron chi connectivity index (χ3n) is 6.07. The molecule has 0 bridgehead atoms. The Bertz CT molecular complexity index is 1630. The number of halogens is 1. The SMILES string of the molecule is CCOc1cc2ncc(C#N)c(Nc3ccc(OCc4ncccc4C)c(Cl)c3)c2cc1NC(=O)C=CCN(C)C. The molecule has 1 amide bonds. The highest BCUT2D eigenvalue weighted by molar-refractivity contribution is 6.32. The zero-order chi connectivity index (χ0) is 29.4. The zero-order valence-electron chi connectivity index (χ0n) is 23.4. The molecule has 41 heavy (non-hydrogen) atoms. The molecule has 4 aromatic rings. The van der Waals surface area contributed by atoms with E-state index in [0.29, 0.717) is 63.2 Å². The van der Waals surface area contributed by atoms with Crippen LogP contribution in [-0.2, 0) is 11.4 Å². The van der Waals surface area contributed by atoms with Crippen LogP contribution in [0.2, 0.25) is 5.02 Å². The molecule has 0 fully saturated rings. The summed E-state index contributed by atoms with van der Waals surface area (Å²) in [7, 11) is 3.84. The molecular weight excluding hydrogens is 540 g/mol. The Labute approximate surface area is 244 Å². The number of pyridine rings is 2. The Balaban J connectivity index is 1.64. The summed E-state index contributed by atoms with van der Waals surface area (Å²) in [5.74, 6) is 0.690. The molecular formula is C31H31ClN6O3. The van der Waals surface area contributed by atoms with Crippen molar-refractivity contribution in [1.29, 1.82) is 5.26 Å². The van der Waals surface area contributed by atoms with Gasteiger partial charge in [0.25, 0.3) is 0 Å². The molecule has 0 aliphatic heterocycles. The predicted molar refractivity (Wildman–Crippen MR) is 162 cm³/mol. The summed E-state index contributed by atoms with van der Waals surface area (Å²) in [5.41, 5.74) is 4.41. The first-order valence-corrected chi connectivity index (χ1v) is 13.4. The van der Waals surface area contributed by atoms with Crippen molar-refractivity contribution in [3.05, 3.63) is 88.9 Å². The van der Waals surface area contributed by atoms with Crippen LogP contribution < -0.4 is 20.1 Å². The molecule has 0 aliphatic carbocycles. The zero-order valence-corrected chi connectivity index (χ0v) is 24.1. The molecule has 0 saturated heterocycles. The van der Waals surface area contributed by atoms with Gasteiger partial charge in [-0.2, -0.15) is 5.26 Å². The van der Waals surface area contributed by atoms with Crippen molar-refractivity contribution in [2.75, 3.05) is 37.9 Å². The average Bonchev–Trinajstić information content (AvgIpc) is 2.94. The molecule has 2 N–H and O–H groups in total. The van der Waals surface area contributed by atoms with Gasteiger partial charge in [-0.05, 0) is 63.8 Å². The number of hydrogen-bond donors (Lipinski definition) is 2. The fourth-order valence-electron chi connectivity index (χ4n) is 4.01. The number of carbonyl (C=O) groups is 1. The van der Waals surface area contributed by atoms with Crippen molar-refractivity contribution in [1.82, 2.24) is 14.9 Å². The number of amides is 1. The molecule has 0 radical (unpaired) electrons. The maximum absolute atomic E-state index is 12.6. The molecule has 210 valence electrons. The van der Waals surface area contributed by atoms with Crippen molar-refractivity contribution < 1.29 is 14.3 Å². The number of likely N-dealkylation sites (N-methyl/N-ethyl adjacent to an activating group) is 1. The van der Waals surface area contributed by atoms with E-state index in [-0.39, 0.29) is 12.5 Å². The van der Waals surface area contributed by atoms with Crippen molar-refractivity contribution >= 4 is 45.5 Å². The first kappa shape index (κ1) is 29.3. The molecule has 0 spiro atoms. The van der Waals surface area contributed by atoms with Crippen molar-refractivity contribution in [2.45, 2.75) is 20.5 Å². The Morgan fingerprint density at radius 3 is 2.68 bits per heavy atom. The summed E-state index contributed by atoms with van der Waals surface area (Å²) in [6.45, 7) is 5.15. The van der Waals surface area contributed by atoms with Gasteiger partial charge in [0, 0.05) is 42.2 Å².